The summed E-state index contributed by atoms with van der Waals surface area (Å²) in [7, 11) is -4.51. The van der Waals surface area contributed by atoms with Crippen molar-refractivity contribution in [3.05, 3.63) is 0 Å². The smallest absolute Gasteiger partial charge is 0.321 e. The summed E-state index contributed by atoms with van der Waals surface area (Å²) in [6, 6.07) is 2.67. The fourth-order valence-corrected chi connectivity index (χ4v) is 10.1. The van der Waals surface area contributed by atoms with Gasteiger partial charge in [0.25, 0.3) is 0 Å². The molecule has 6 nitrogen and oxygen atoms in total. The molecule has 3 unspecified atom stereocenters. The zero-order valence-electron chi connectivity index (χ0n) is 14.9. The maximum Gasteiger partial charge on any atom is 0.321 e. The average Bonchev–Trinajstić information content (AvgIpc) is 3.30. The normalized spacial score (nSPS) is 22.6. The van der Waals surface area contributed by atoms with Crippen molar-refractivity contribution >= 4 is 16.9 Å². The Labute approximate surface area is 142 Å². The van der Waals surface area contributed by atoms with Crippen LogP contribution < -0.4 is 0 Å². The highest BCUT2D eigenvalue weighted by molar-refractivity contribution is 6.82. The molecule has 0 saturated carbocycles. The first kappa shape index (κ1) is 21.2. The maximum atomic E-state index is 10.4. The summed E-state index contributed by atoms with van der Waals surface area (Å²) >= 11 is 0. The van der Waals surface area contributed by atoms with Gasteiger partial charge in [-0.2, -0.15) is 0 Å². The van der Waals surface area contributed by atoms with Gasteiger partial charge >= 0.3 is 8.56 Å². The molecule has 23 heavy (non-hydrogen) atoms. The molecule has 8 heteroatoms. The lowest BCUT2D eigenvalue weighted by molar-refractivity contribution is 0.0922. The van der Waals surface area contributed by atoms with Gasteiger partial charge in [0.05, 0.1) is 26.4 Å². The Morgan fingerprint density at radius 2 is 1.70 bits per heavy atom. The number of hydrogen-bond acceptors (Lipinski definition) is 6. The number of epoxide rings is 1. The van der Waals surface area contributed by atoms with E-state index < -0.39 is 16.9 Å². The minimum absolute atomic E-state index is 0.0602. The van der Waals surface area contributed by atoms with Crippen molar-refractivity contribution in [2.75, 3.05) is 39.6 Å². The van der Waals surface area contributed by atoms with Gasteiger partial charge in [0, 0.05) is 13.2 Å². The lowest BCUT2D eigenvalue weighted by Crippen LogP contribution is -2.48. The van der Waals surface area contributed by atoms with Crippen molar-refractivity contribution < 1.29 is 28.2 Å². The van der Waals surface area contributed by atoms with E-state index in [2.05, 4.69) is 6.55 Å². The molecule has 0 bridgehead atoms. The topological polar surface area (TPSA) is 80.7 Å². The van der Waals surface area contributed by atoms with Crippen LogP contribution in [0.25, 0.3) is 0 Å². The first-order valence-corrected chi connectivity index (χ1v) is 14.1. The van der Waals surface area contributed by atoms with E-state index in [1.54, 1.807) is 0 Å². The van der Waals surface area contributed by atoms with Crippen LogP contribution in [0.15, 0.2) is 0 Å². The first-order valence-electron chi connectivity index (χ1n) is 8.71. The molecule has 0 aliphatic carbocycles. The highest BCUT2D eigenvalue weighted by Gasteiger charge is 2.37. The molecule has 1 rings (SSSR count). The lowest BCUT2D eigenvalue weighted by Gasteiger charge is -2.34. The summed E-state index contributed by atoms with van der Waals surface area (Å²) in [6.45, 7) is 9.40. The van der Waals surface area contributed by atoms with Crippen LogP contribution in [0.3, 0.4) is 0 Å². The van der Waals surface area contributed by atoms with Crippen molar-refractivity contribution in [1.82, 2.24) is 0 Å². The highest BCUT2D eigenvalue weighted by Crippen LogP contribution is 2.26. The van der Waals surface area contributed by atoms with Crippen LogP contribution in [0.4, 0.5) is 0 Å². The average molecular weight is 367 g/mol. The molecule has 0 aromatic rings. The van der Waals surface area contributed by atoms with E-state index in [0.717, 1.165) is 38.1 Å². The molecule has 0 radical (unpaired) electrons. The Hall–Kier alpha value is 0.194. The molecule has 1 saturated heterocycles. The first-order chi connectivity index (χ1) is 10.9. The predicted octanol–water partition coefficient (Wildman–Crippen LogP) is 1.87. The maximum absolute atomic E-state index is 10.4. The molecule has 0 aromatic carbocycles. The van der Waals surface area contributed by atoms with E-state index in [4.69, 9.17) is 23.4 Å². The summed E-state index contributed by atoms with van der Waals surface area (Å²) in [4.78, 5) is 10.4. The molecule has 1 aliphatic rings. The highest BCUT2D eigenvalue weighted by atomic mass is 28.4. The van der Waals surface area contributed by atoms with Crippen LogP contribution >= 0.6 is 0 Å². The van der Waals surface area contributed by atoms with Crippen LogP contribution in [0.2, 0.25) is 31.2 Å². The van der Waals surface area contributed by atoms with Crippen molar-refractivity contribution in [2.45, 2.75) is 57.1 Å². The van der Waals surface area contributed by atoms with Crippen LogP contribution in [0.1, 0.15) is 19.8 Å². The zero-order chi connectivity index (χ0) is 17.2. The second-order valence-electron chi connectivity index (χ2n) is 6.65. The summed E-state index contributed by atoms with van der Waals surface area (Å²) in [5, 5.41) is 8.73. The molecule has 0 spiro atoms. The van der Waals surface area contributed by atoms with E-state index in [0.29, 0.717) is 32.0 Å². The molecule has 1 heterocycles. The monoisotopic (exact) mass is 366 g/mol. The van der Waals surface area contributed by atoms with Crippen LogP contribution in [-0.2, 0) is 18.3 Å². The zero-order valence-corrected chi connectivity index (χ0v) is 16.9. The van der Waals surface area contributed by atoms with E-state index in [-0.39, 0.29) is 6.61 Å². The molecule has 1 aliphatic heterocycles. The van der Waals surface area contributed by atoms with Gasteiger partial charge in [0.2, 0.25) is 0 Å². The van der Waals surface area contributed by atoms with E-state index in [9.17, 15) is 4.80 Å². The molecule has 2 N–H and O–H groups in total. The van der Waals surface area contributed by atoms with Gasteiger partial charge in [-0.25, -0.2) is 0 Å². The molecule has 3 atom stereocenters. The predicted molar refractivity (Wildman–Crippen MR) is 94.3 cm³/mol. The van der Waals surface area contributed by atoms with Gasteiger partial charge in [-0.15, -0.1) is 0 Å². The minimum atomic E-state index is -2.54. The van der Waals surface area contributed by atoms with Gasteiger partial charge in [0.15, 0.2) is 8.32 Å². The van der Waals surface area contributed by atoms with Crippen LogP contribution in [0.5, 0.6) is 0 Å². The van der Waals surface area contributed by atoms with Crippen molar-refractivity contribution in [1.29, 1.82) is 0 Å². The van der Waals surface area contributed by atoms with E-state index in [1.165, 1.54) is 0 Å². The van der Waals surface area contributed by atoms with E-state index in [1.807, 2.05) is 13.5 Å². The fourth-order valence-electron chi connectivity index (χ4n) is 2.47. The Morgan fingerprint density at radius 1 is 1.09 bits per heavy atom. The van der Waals surface area contributed by atoms with Gasteiger partial charge in [-0.3, -0.25) is 0 Å². The van der Waals surface area contributed by atoms with E-state index >= 15 is 0 Å². The van der Waals surface area contributed by atoms with Gasteiger partial charge in [0.1, 0.15) is 6.10 Å². The fraction of sp³-hybridized carbons (Fsp3) is 1.00. The second-order valence-corrected chi connectivity index (χ2v) is 14.4. The number of aliphatic hydroxyl groups excluding tert-OH is 1. The number of rotatable bonds is 15. The summed E-state index contributed by atoms with van der Waals surface area (Å²) in [6.07, 6.45) is 2.18. The Kier molecular flexibility index (Phi) is 10.1. The minimum Gasteiger partial charge on any atom is -0.436 e. The largest absolute Gasteiger partial charge is 0.436 e. The van der Waals surface area contributed by atoms with Crippen molar-refractivity contribution in [3.63, 3.8) is 0 Å². The number of aliphatic hydroxyl groups is 1. The molecular formula is C15H34O6Si2. The number of ether oxygens (including phenoxy) is 3. The Balaban J connectivity index is 2.32. The lowest BCUT2D eigenvalue weighted by atomic mass is 10.5. The standard InChI is InChI=1S/C15H34O6Si2/c1-4-23(3,17)21-22(2,11-5-8-18-10-7-16)12-6-9-19-13-15-14-20-15/h15-17H,4-14H2,1-3H3. The SMILES string of the molecule is CC[Si](C)(O)O[Si](C)(CCCOCCO)CCCOCC1CO1. The van der Waals surface area contributed by atoms with Crippen LogP contribution in [0, 0.1) is 0 Å². The van der Waals surface area contributed by atoms with Crippen molar-refractivity contribution in [3.8, 4) is 0 Å². The third-order valence-corrected chi connectivity index (χ3v) is 11.9. The van der Waals surface area contributed by atoms with Gasteiger partial charge < -0.3 is 28.2 Å². The third-order valence-electron chi connectivity index (χ3n) is 4.05. The molecule has 1 fully saturated rings. The number of hydrogen-bond donors (Lipinski definition) is 2. The molecular weight excluding hydrogens is 332 g/mol. The summed E-state index contributed by atoms with van der Waals surface area (Å²) in [5.74, 6) is 0. The second kappa shape index (κ2) is 10.9. The summed E-state index contributed by atoms with van der Waals surface area (Å²) in [5.41, 5.74) is 0. The Bertz CT molecular complexity index is 314. The summed E-state index contributed by atoms with van der Waals surface area (Å²) < 4.78 is 22.3. The van der Waals surface area contributed by atoms with Crippen molar-refractivity contribution in [2.24, 2.45) is 0 Å². The van der Waals surface area contributed by atoms with Gasteiger partial charge in [-0.1, -0.05) is 6.92 Å². The third kappa shape index (κ3) is 10.6. The molecule has 138 valence electrons. The van der Waals surface area contributed by atoms with Gasteiger partial charge in [-0.05, 0) is 44.1 Å². The van der Waals surface area contributed by atoms with Crippen LogP contribution in [-0.4, -0.2) is 72.5 Å². The quantitative estimate of drug-likeness (QED) is 0.262. The molecule has 0 amide bonds. The Morgan fingerprint density at radius 3 is 2.22 bits per heavy atom. The molecule has 0 aromatic heterocycles.